The first kappa shape index (κ1) is 49.0. The van der Waals surface area contributed by atoms with Gasteiger partial charge in [0.25, 0.3) is 0 Å². The van der Waals surface area contributed by atoms with Gasteiger partial charge in [-0.2, -0.15) is 0 Å². The van der Waals surface area contributed by atoms with E-state index in [-0.39, 0.29) is 0 Å². The molecule has 0 fully saturated rings. The highest BCUT2D eigenvalue weighted by Gasteiger charge is 2.20. The molecule has 0 N–H and O–H groups in total. The Hall–Kier alpha value is -10.9. The fourth-order valence-electron chi connectivity index (χ4n) is 13.0. The van der Waals surface area contributed by atoms with Gasteiger partial charge in [0.2, 0.25) is 0 Å². The van der Waals surface area contributed by atoms with Crippen molar-refractivity contribution in [3.05, 3.63) is 296 Å². The third-order valence-electron chi connectivity index (χ3n) is 17.1. The van der Waals surface area contributed by atoms with E-state index in [1.54, 1.807) is 0 Å². The van der Waals surface area contributed by atoms with Crippen LogP contribution >= 0.6 is 0 Å². The first-order chi connectivity index (χ1) is 41.3. The Kier molecular flexibility index (Phi) is 11.5. The van der Waals surface area contributed by atoms with Crippen LogP contribution in [0, 0.1) is 20.8 Å². The number of nitrogens with zero attached hydrogens (tertiary/aromatic N) is 5. The van der Waals surface area contributed by atoms with Crippen LogP contribution in [0.3, 0.4) is 0 Å². The molecule has 4 heterocycles. The van der Waals surface area contributed by atoms with Crippen molar-refractivity contribution in [1.82, 2.24) is 23.7 Å². The number of hydrogen-bond donors (Lipinski definition) is 0. The molecule has 0 aliphatic rings. The first-order valence-corrected chi connectivity index (χ1v) is 28.9. The van der Waals surface area contributed by atoms with E-state index in [1.807, 2.05) is 6.07 Å². The number of para-hydroxylation sites is 2. The number of rotatable bonds is 9. The molecule has 0 spiro atoms. The SMILES string of the molecule is Cc1ccc2c(c1)c1ccccc1n2-c1ccc(-c2ccc(-c3cccc4c3c3cc(C)ccc3n4-c3ccc(-c4ccc(-c5cc(-c6ccccc6)nc(-c6ccc7c(c6)c6cc(C)ccc6n7-c6ccccc6)n5)cc4)cc3)cc2)cc1. The van der Waals surface area contributed by atoms with Crippen LogP contribution in [0.1, 0.15) is 16.7 Å². The van der Waals surface area contributed by atoms with Crippen LogP contribution in [0.15, 0.2) is 279 Å². The van der Waals surface area contributed by atoms with Crippen molar-refractivity contribution in [3.63, 3.8) is 0 Å². The molecule has 12 aromatic carbocycles. The second-order valence-corrected chi connectivity index (χ2v) is 22.4. The van der Waals surface area contributed by atoms with E-state index in [2.05, 4.69) is 307 Å². The van der Waals surface area contributed by atoms with E-state index in [4.69, 9.17) is 9.97 Å². The molecule has 0 atom stereocenters. The Morgan fingerprint density at radius 2 is 0.619 bits per heavy atom. The molecule has 0 amide bonds. The zero-order valence-electron chi connectivity index (χ0n) is 46.8. The largest absolute Gasteiger partial charge is 0.309 e. The number of aryl methyl sites for hydroxylation is 3. The van der Waals surface area contributed by atoms with Crippen LogP contribution in [0.25, 0.3) is 150 Å². The molecule has 5 heteroatoms. The molecule has 0 saturated carbocycles. The maximum Gasteiger partial charge on any atom is 0.160 e. The minimum Gasteiger partial charge on any atom is -0.309 e. The Bertz CT molecular complexity index is 5220. The van der Waals surface area contributed by atoms with Crippen molar-refractivity contribution in [2.24, 2.45) is 0 Å². The van der Waals surface area contributed by atoms with Gasteiger partial charge in [0.1, 0.15) is 0 Å². The second kappa shape index (κ2) is 19.7. The summed E-state index contributed by atoms with van der Waals surface area (Å²) >= 11 is 0. The molecule has 0 aliphatic carbocycles. The lowest BCUT2D eigenvalue weighted by Gasteiger charge is -2.12. The Morgan fingerprint density at radius 1 is 0.238 bits per heavy atom. The van der Waals surface area contributed by atoms with Crippen LogP contribution in [-0.2, 0) is 0 Å². The molecule has 0 aliphatic heterocycles. The van der Waals surface area contributed by atoms with Crippen molar-refractivity contribution < 1.29 is 0 Å². The summed E-state index contributed by atoms with van der Waals surface area (Å²) in [7, 11) is 0. The Balaban J connectivity index is 0.706. The minimum atomic E-state index is 0.690. The van der Waals surface area contributed by atoms with E-state index in [1.165, 1.54) is 98.8 Å². The highest BCUT2D eigenvalue weighted by molar-refractivity contribution is 6.16. The number of hydrogen-bond acceptors (Lipinski definition) is 2. The normalized spacial score (nSPS) is 11.8. The summed E-state index contributed by atoms with van der Waals surface area (Å²) in [4.78, 5) is 10.6. The zero-order valence-corrected chi connectivity index (χ0v) is 46.8. The zero-order chi connectivity index (χ0) is 56.0. The minimum absolute atomic E-state index is 0.690. The summed E-state index contributed by atoms with van der Waals surface area (Å²) in [6, 6.07) is 102. The van der Waals surface area contributed by atoms with Gasteiger partial charge in [-0.25, -0.2) is 9.97 Å². The van der Waals surface area contributed by atoms with E-state index in [0.717, 1.165) is 61.8 Å². The monoisotopic (exact) mass is 1070 g/mol. The molecular weight excluding hydrogens is 1020 g/mol. The maximum atomic E-state index is 5.31. The quantitative estimate of drug-likeness (QED) is 0.145. The molecule has 0 saturated heterocycles. The van der Waals surface area contributed by atoms with Crippen LogP contribution in [0.4, 0.5) is 0 Å². The predicted octanol–water partition coefficient (Wildman–Crippen LogP) is 20.7. The van der Waals surface area contributed by atoms with E-state index in [9.17, 15) is 0 Å². The van der Waals surface area contributed by atoms with E-state index in [0.29, 0.717) is 5.82 Å². The summed E-state index contributed by atoms with van der Waals surface area (Å²) in [6.07, 6.45) is 0. The van der Waals surface area contributed by atoms with Gasteiger partial charge in [0.15, 0.2) is 5.82 Å². The molecule has 0 unspecified atom stereocenters. The lowest BCUT2D eigenvalue weighted by Crippen LogP contribution is -1.96. The molecule has 0 radical (unpaired) electrons. The van der Waals surface area contributed by atoms with Crippen LogP contribution < -0.4 is 0 Å². The van der Waals surface area contributed by atoms with Crippen molar-refractivity contribution >= 4 is 65.4 Å². The van der Waals surface area contributed by atoms with Gasteiger partial charge < -0.3 is 13.7 Å². The van der Waals surface area contributed by atoms with E-state index >= 15 is 0 Å². The van der Waals surface area contributed by atoms with Crippen molar-refractivity contribution in [2.75, 3.05) is 0 Å². The fraction of sp³-hybridized carbons (Fsp3) is 0.0380. The lowest BCUT2D eigenvalue weighted by molar-refractivity contribution is 1.17. The highest BCUT2D eigenvalue weighted by Crippen LogP contribution is 2.42. The first-order valence-electron chi connectivity index (χ1n) is 28.9. The summed E-state index contributed by atoms with van der Waals surface area (Å²) in [5.41, 5.74) is 26.1. The standard InChI is InChI=1S/C79H55N5/c1-50-21-41-73-66(45-50)65-17-10-11-19-72(65)83(73)62-37-32-55(33-38-62)53-24-28-57(29-25-53)64-18-12-20-77-78(64)69-47-52(3)23-43-76(69)84(77)63-39-34-56(35-40-63)54-26-30-59(31-27-54)71-49-70(58-13-6-4-7-14-58)80-79(81-71)60-36-44-75-68(48-60)67-46-51(2)22-42-74(67)82(75)61-15-8-5-9-16-61/h4-49H,1-3H3. The Morgan fingerprint density at radius 3 is 1.20 bits per heavy atom. The average molecular weight is 1070 g/mol. The molecule has 396 valence electrons. The Labute approximate surface area is 487 Å². The van der Waals surface area contributed by atoms with Crippen molar-refractivity contribution in [3.8, 4) is 84.3 Å². The molecule has 5 nitrogen and oxygen atoms in total. The topological polar surface area (TPSA) is 40.6 Å². The maximum absolute atomic E-state index is 5.31. The van der Waals surface area contributed by atoms with Crippen LogP contribution in [0.5, 0.6) is 0 Å². The third-order valence-corrected chi connectivity index (χ3v) is 17.1. The summed E-state index contributed by atoms with van der Waals surface area (Å²) in [5, 5.41) is 7.44. The summed E-state index contributed by atoms with van der Waals surface area (Å²) in [6.45, 7) is 6.51. The van der Waals surface area contributed by atoms with Gasteiger partial charge in [-0.1, -0.05) is 187 Å². The summed E-state index contributed by atoms with van der Waals surface area (Å²) in [5.74, 6) is 0.690. The molecule has 4 aromatic heterocycles. The van der Waals surface area contributed by atoms with Crippen LogP contribution in [-0.4, -0.2) is 23.7 Å². The smallest absolute Gasteiger partial charge is 0.160 e. The molecular formula is C79H55N5. The third kappa shape index (κ3) is 8.23. The van der Waals surface area contributed by atoms with Crippen molar-refractivity contribution in [1.29, 1.82) is 0 Å². The van der Waals surface area contributed by atoms with Gasteiger partial charge >= 0.3 is 0 Å². The van der Waals surface area contributed by atoms with E-state index < -0.39 is 0 Å². The van der Waals surface area contributed by atoms with Crippen LogP contribution in [0.2, 0.25) is 0 Å². The molecule has 16 rings (SSSR count). The van der Waals surface area contributed by atoms with Gasteiger partial charge in [-0.05, 0) is 163 Å². The highest BCUT2D eigenvalue weighted by atomic mass is 15.0. The average Bonchev–Trinajstić information content (AvgIpc) is 2.02. The number of benzene rings is 12. The molecule has 16 aromatic rings. The van der Waals surface area contributed by atoms with Gasteiger partial charge in [-0.15, -0.1) is 0 Å². The number of fused-ring (bicyclic) bond motifs is 9. The van der Waals surface area contributed by atoms with Gasteiger partial charge in [0, 0.05) is 66.1 Å². The summed E-state index contributed by atoms with van der Waals surface area (Å²) < 4.78 is 7.16. The fourth-order valence-corrected chi connectivity index (χ4v) is 13.0. The molecule has 84 heavy (non-hydrogen) atoms. The number of aromatic nitrogens is 5. The van der Waals surface area contributed by atoms with Gasteiger partial charge in [-0.3, -0.25) is 0 Å². The van der Waals surface area contributed by atoms with Gasteiger partial charge in [0.05, 0.1) is 44.5 Å². The predicted molar refractivity (Wildman–Crippen MR) is 352 cm³/mol. The second-order valence-electron chi connectivity index (χ2n) is 22.4. The lowest BCUT2D eigenvalue weighted by atomic mass is 9.96. The van der Waals surface area contributed by atoms with Crippen molar-refractivity contribution in [2.45, 2.75) is 20.8 Å². The molecule has 0 bridgehead atoms.